The second-order valence-electron chi connectivity index (χ2n) is 2.96. The Hall–Kier alpha value is -2.24. The first-order chi connectivity index (χ1) is 8.08. The predicted molar refractivity (Wildman–Crippen MR) is 57.6 cm³/mol. The molecule has 1 aromatic rings. The van der Waals surface area contributed by atoms with Gasteiger partial charge in [0.1, 0.15) is 0 Å². The first kappa shape index (κ1) is 12.8. The van der Waals surface area contributed by atoms with Crippen LogP contribution in [0.15, 0.2) is 18.2 Å². The zero-order chi connectivity index (χ0) is 12.8. The van der Waals surface area contributed by atoms with Crippen LogP contribution in [0.3, 0.4) is 0 Å². The molecule has 17 heavy (non-hydrogen) atoms. The molecule has 92 valence electrons. The van der Waals surface area contributed by atoms with E-state index >= 15 is 0 Å². The standard InChI is InChI=1S/C11H12O6/c1-3-16-11(14)17-8-5-4-7(10(12)13)6-9(8)15-2/h4-6H,3H2,1-2H3,(H,12,13). The van der Waals surface area contributed by atoms with Crippen LogP contribution in [-0.2, 0) is 4.74 Å². The Kier molecular flexibility index (Phi) is 4.33. The molecule has 0 saturated carbocycles. The molecule has 0 saturated heterocycles. The Morgan fingerprint density at radius 1 is 1.29 bits per heavy atom. The number of aromatic carboxylic acids is 1. The summed E-state index contributed by atoms with van der Waals surface area (Å²) in [6.45, 7) is 1.83. The lowest BCUT2D eigenvalue weighted by Gasteiger charge is -2.09. The van der Waals surface area contributed by atoms with E-state index in [9.17, 15) is 9.59 Å². The van der Waals surface area contributed by atoms with E-state index < -0.39 is 12.1 Å². The number of carbonyl (C=O) groups is 2. The van der Waals surface area contributed by atoms with Crippen LogP contribution < -0.4 is 9.47 Å². The van der Waals surface area contributed by atoms with E-state index in [4.69, 9.17) is 14.6 Å². The Morgan fingerprint density at radius 2 is 2.00 bits per heavy atom. The molecule has 0 spiro atoms. The number of hydrogen-bond acceptors (Lipinski definition) is 5. The van der Waals surface area contributed by atoms with Crippen molar-refractivity contribution < 1.29 is 28.9 Å². The highest BCUT2D eigenvalue weighted by molar-refractivity contribution is 5.88. The third-order valence-electron chi connectivity index (χ3n) is 1.87. The number of carboxylic acids is 1. The normalized spacial score (nSPS) is 9.53. The van der Waals surface area contributed by atoms with Crippen LogP contribution >= 0.6 is 0 Å². The average molecular weight is 240 g/mol. The largest absolute Gasteiger partial charge is 0.513 e. The molecule has 0 bridgehead atoms. The molecule has 0 aromatic heterocycles. The van der Waals surface area contributed by atoms with Crippen molar-refractivity contribution >= 4 is 12.1 Å². The van der Waals surface area contributed by atoms with E-state index in [1.54, 1.807) is 6.92 Å². The lowest BCUT2D eigenvalue weighted by Crippen LogP contribution is -2.11. The van der Waals surface area contributed by atoms with Crippen molar-refractivity contribution in [2.24, 2.45) is 0 Å². The highest BCUT2D eigenvalue weighted by atomic mass is 16.7. The molecular weight excluding hydrogens is 228 g/mol. The fourth-order valence-electron chi connectivity index (χ4n) is 1.12. The molecule has 0 heterocycles. The van der Waals surface area contributed by atoms with Crippen LogP contribution in [0.25, 0.3) is 0 Å². The second-order valence-corrected chi connectivity index (χ2v) is 2.96. The highest BCUT2D eigenvalue weighted by Gasteiger charge is 2.13. The van der Waals surface area contributed by atoms with Gasteiger partial charge in [-0.3, -0.25) is 0 Å². The molecule has 0 aliphatic rings. The molecule has 0 amide bonds. The fourth-order valence-corrected chi connectivity index (χ4v) is 1.12. The van der Waals surface area contributed by atoms with Crippen LogP contribution in [-0.4, -0.2) is 30.9 Å². The molecule has 0 aliphatic carbocycles. The number of rotatable bonds is 4. The summed E-state index contributed by atoms with van der Waals surface area (Å²) in [5.41, 5.74) is 0.0399. The number of carbonyl (C=O) groups excluding carboxylic acids is 1. The molecule has 6 nitrogen and oxygen atoms in total. The van der Waals surface area contributed by atoms with Gasteiger partial charge in [-0.1, -0.05) is 0 Å². The maximum Gasteiger partial charge on any atom is 0.513 e. The van der Waals surface area contributed by atoms with Gasteiger partial charge in [0, 0.05) is 0 Å². The van der Waals surface area contributed by atoms with Crippen molar-refractivity contribution in [1.82, 2.24) is 0 Å². The van der Waals surface area contributed by atoms with Crippen molar-refractivity contribution in [3.05, 3.63) is 23.8 Å². The van der Waals surface area contributed by atoms with Gasteiger partial charge in [-0.05, 0) is 25.1 Å². The van der Waals surface area contributed by atoms with Gasteiger partial charge in [0.25, 0.3) is 0 Å². The van der Waals surface area contributed by atoms with Gasteiger partial charge < -0.3 is 19.3 Å². The maximum atomic E-state index is 11.1. The summed E-state index contributed by atoms with van der Waals surface area (Å²) in [5, 5.41) is 8.77. The maximum absolute atomic E-state index is 11.1. The van der Waals surface area contributed by atoms with E-state index in [0.29, 0.717) is 0 Å². The van der Waals surface area contributed by atoms with Crippen LogP contribution in [0.5, 0.6) is 11.5 Å². The Labute approximate surface area is 97.7 Å². The second kappa shape index (κ2) is 5.74. The minimum atomic E-state index is -1.09. The van der Waals surface area contributed by atoms with Gasteiger partial charge in [-0.25, -0.2) is 9.59 Å². The Morgan fingerprint density at radius 3 is 2.53 bits per heavy atom. The fraction of sp³-hybridized carbons (Fsp3) is 0.273. The van der Waals surface area contributed by atoms with Crippen molar-refractivity contribution in [3.8, 4) is 11.5 Å². The highest BCUT2D eigenvalue weighted by Crippen LogP contribution is 2.28. The van der Waals surface area contributed by atoms with E-state index in [-0.39, 0.29) is 23.7 Å². The molecular formula is C11H12O6. The SMILES string of the molecule is CCOC(=O)Oc1ccc(C(=O)O)cc1OC. The molecule has 1 aromatic carbocycles. The van der Waals surface area contributed by atoms with Crippen LogP contribution in [0.2, 0.25) is 0 Å². The lowest BCUT2D eigenvalue weighted by molar-refractivity contribution is 0.0696. The number of methoxy groups -OCH3 is 1. The van der Waals surface area contributed by atoms with Gasteiger partial charge in [-0.15, -0.1) is 0 Å². The minimum Gasteiger partial charge on any atom is -0.493 e. The molecule has 0 atom stereocenters. The van der Waals surface area contributed by atoms with E-state index in [0.717, 1.165) is 0 Å². The summed E-state index contributed by atoms with van der Waals surface area (Å²) < 4.78 is 14.3. The van der Waals surface area contributed by atoms with Crippen molar-refractivity contribution in [3.63, 3.8) is 0 Å². The average Bonchev–Trinajstić information content (AvgIpc) is 2.29. The molecule has 1 rings (SSSR count). The summed E-state index contributed by atoms with van der Waals surface area (Å²) in [4.78, 5) is 21.8. The lowest BCUT2D eigenvalue weighted by atomic mass is 10.2. The summed E-state index contributed by atoms with van der Waals surface area (Å²) in [6, 6.07) is 3.90. The molecule has 0 radical (unpaired) electrons. The Balaban J connectivity index is 2.92. The topological polar surface area (TPSA) is 82.1 Å². The number of ether oxygens (including phenoxy) is 3. The van der Waals surface area contributed by atoms with Gasteiger partial charge in [0.05, 0.1) is 19.3 Å². The summed E-state index contributed by atoms with van der Waals surface area (Å²) >= 11 is 0. The zero-order valence-electron chi connectivity index (χ0n) is 9.43. The summed E-state index contributed by atoms with van der Waals surface area (Å²) in [5.74, 6) is -0.833. The monoisotopic (exact) mass is 240 g/mol. The smallest absolute Gasteiger partial charge is 0.493 e. The summed E-state index contributed by atoms with van der Waals surface area (Å²) in [7, 11) is 1.35. The molecule has 6 heteroatoms. The number of carboxylic acid groups (broad SMARTS) is 1. The number of benzene rings is 1. The van der Waals surface area contributed by atoms with Gasteiger partial charge in [0.2, 0.25) is 0 Å². The van der Waals surface area contributed by atoms with Crippen molar-refractivity contribution in [2.45, 2.75) is 6.92 Å². The quantitative estimate of drug-likeness (QED) is 0.639. The molecule has 0 fully saturated rings. The summed E-state index contributed by atoms with van der Waals surface area (Å²) in [6.07, 6.45) is -0.867. The van der Waals surface area contributed by atoms with Crippen LogP contribution in [0.4, 0.5) is 4.79 Å². The number of hydrogen-bond donors (Lipinski definition) is 1. The third-order valence-corrected chi connectivity index (χ3v) is 1.87. The van der Waals surface area contributed by atoms with Gasteiger partial charge >= 0.3 is 12.1 Å². The molecule has 1 N–H and O–H groups in total. The third kappa shape index (κ3) is 3.37. The van der Waals surface area contributed by atoms with Gasteiger partial charge in [0.15, 0.2) is 11.5 Å². The van der Waals surface area contributed by atoms with Crippen molar-refractivity contribution in [2.75, 3.05) is 13.7 Å². The molecule has 0 aliphatic heterocycles. The van der Waals surface area contributed by atoms with E-state index in [2.05, 4.69) is 4.74 Å². The van der Waals surface area contributed by atoms with E-state index in [1.165, 1.54) is 25.3 Å². The zero-order valence-corrected chi connectivity index (χ0v) is 9.43. The van der Waals surface area contributed by atoms with Crippen LogP contribution in [0, 0.1) is 0 Å². The molecule has 0 unspecified atom stereocenters. The Bertz CT molecular complexity index is 426. The minimum absolute atomic E-state index is 0.0399. The van der Waals surface area contributed by atoms with Gasteiger partial charge in [-0.2, -0.15) is 0 Å². The van der Waals surface area contributed by atoms with Crippen molar-refractivity contribution in [1.29, 1.82) is 0 Å². The predicted octanol–water partition coefficient (Wildman–Crippen LogP) is 1.93. The first-order valence-electron chi connectivity index (χ1n) is 4.84. The van der Waals surface area contributed by atoms with E-state index in [1.807, 2.05) is 0 Å². The first-order valence-corrected chi connectivity index (χ1v) is 4.84. The van der Waals surface area contributed by atoms with Crippen LogP contribution in [0.1, 0.15) is 17.3 Å².